The van der Waals surface area contributed by atoms with Gasteiger partial charge in [-0.1, -0.05) is 19.1 Å². The third kappa shape index (κ3) is 3.25. The first-order valence-electron chi connectivity index (χ1n) is 7.13. The van der Waals surface area contributed by atoms with E-state index in [-0.39, 0.29) is 6.04 Å². The van der Waals surface area contributed by atoms with Crippen molar-refractivity contribution in [2.24, 2.45) is 0 Å². The lowest BCUT2D eigenvalue weighted by molar-refractivity contribution is 0.168. The predicted molar refractivity (Wildman–Crippen MR) is 89.6 cm³/mol. The summed E-state index contributed by atoms with van der Waals surface area (Å²) in [5.74, 6) is 1.74. The minimum absolute atomic E-state index is 0.224. The van der Waals surface area contributed by atoms with Gasteiger partial charge in [0.2, 0.25) is 0 Å². The van der Waals surface area contributed by atoms with Gasteiger partial charge in [0.05, 0.1) is 0 Å². The summed E-state index contributed by atoms with van der Waals surface area (Å²) in [4.78, 5) is 1.34. The zero-order chi connectivity index (χ0) is 14.7. The van der Waals surface area contributed by atoms with Gasteiger partial charge in [0, 0.05) is 27.4 Å². The van der Waals surface area contributed by atoms with E-state index in [1.165, 1.54) is 14.9 Å². The van der Waals surface area contributed by atoms with Crippen LogP contribution < -0.4 is 14.8 Å². The van der Waals surface area contributed by atoms with Crippen molar-refractivity contribution in [2.75, 3.05) is 19.8 Å². The zero-order valence-electron chi connectivity index (χ0n) is 11.9. The highest BCUT2D eigenvalue weighted by atomic mass is 79.9. The quantitative estimate of drug-likeness (QED) is 0.859. The van der Waals surface area contributed by atoms with Crippen molar-refractivity contribution in [3.05, 3.63) is 44.6 Å². The standard InChI is InChI=1S/C16H18BrNO2S/c1-2-18-13(10-15-12(17)6-9-21-15)11-4-3-5-14-16(11)20-8-7-19-14/h3-6,9,13,18H,2,7-8,10H2,1H3. The van der Waals surface area contributed by atoms with E-state index in [1.54, 1.807) is 11.3 Å². The van der Waals surface area contributed by atoms with Crippen LogP contribution in [0.2, 0.25) is 0 Å². The second-order valence-corrected chi connectivity index (χ2v) is 6.73. The van der Waals surface area contributed by atoms with Crippen LogP contribution >= 0.6 is 27.3 Å². The molecule has 5 heteroatoms. The number of likely N-dealkylation sites (N-methyl/N-ethyl adjacent to an activating group) is 1. The number of halogens is 1. The fourth-order valence-corrected chi connectivity index (χ4v) is 4.13. The molecule has 2 aromatic rings. The van der Waals surface area contributed by atoms with E-state index < -0.39 is 0 Å². The molecule has 1 N–H and O–H groups in total. The van der Waals surface area contributed by atoms with E-state index >= 15 is 0 Å². The molecule has 1 aromatic carbocycles. The number of para-hydroxylation sites is 1. The molecule has 0 aliphatic carbocycles. The fourth-order valence-electron chi connectivity index (χ4n) is 2.57. The second kappa shape index (κ2) is 6.81. The molecule has 1 aliphatic heterocycles. The Morgan fingerprint density at radius 2 is 2.14 bits per heavy atom. The van der Waals surface area contributed by atoms with Crippen LogP contribution in [0.25, 0.3) is 0 Å². The van der Waals surface area contributed by atoms with Crippen molar-refractivity contribution >= 4 is 27.3 Å². The summed E-state index contributed by atoms with van der Waals surface area (Å²) >= 11 is 5.40. The molecule has 0 saturated heterocycles. The molecule has 0 bridgehead atoms. The van der Waals surface area contributed by atoms with Crippen molar-refractivity contribution < 1.29 is 9.47 Å². The number of rotatable bonds is 5. The Morgan fingerprint density at radius 3 is 2.90 bits per heavy atom. The molecule has 0 saturated carbocycles. The first-order chi connectivity index (χ1) is 10.3. The normalized spacial score (nSPS) is 15.0. The van der Waals surface area contributed by atoms with E-state index in [9.17, 15) is 0 Å². The van der Waals surface area contributed by atoms with Gasteiger partial charge in [0.15, 0.2) is 11.5 Å². The van der Waals surface area contributed by atoms with Crippen molar-refractivity contribution in [1.29, 1.82) is 0 Å². The Hall–Kier alpha value is -1.04. The van der Waals surface area contributed by atoms with Crippen LogP contribution in [0.15, 0.2) is 34.1 Å². The second-order valence-electron chi connectivity index (χ2n) is 4.88. The Bertz CT molecular complexity index is 614. The largest absolute Gasteiger partial charge is 0.486 e. The average molecular weight is 368 g/mol. The summed E-state index contributed by atoms with van der Waals surface area (Å²) in [6, 6.07) is 8.46. The third-order valence-electron chi connectivity index (χ3n) is 3.50. The van der Waals surface area contributed by atoms with Gasteiger partial charge in [-0.3, -0.25) is 0 Å². The molecule has 0 amide bonds. The molecule has 1 unspecified atom stereocenters. The van der Waals surface area contributed by atoms with Crippen LogP contribution in [0, 0.1) is 0 Å². The molecule has 3 nitrogen and oxygen atoms in total. The molecule has 0 fully saturated rings. The van der Waals surface area contributed by atoms with Crippen molar-refractivity contribution in [3.8, 4) is 11.5 Å². The molecular weight excluding hydrogens is 350 g/mol. The molecule has 112 valence electrons. The lowest BCUT2D eigenvalue weighted by Crippen LogP contribution is -2.25. The molecule has 1 aromatic heterocycles. The van der Waals surface area contributed by atoms with Crippen LogP contribution in [0.3, 0.4) is 0 Å². The number of hydrogen-bond donors (Lipinski definition) is 1. The van der Waals surface area contributed by atoms with Gasteiger partial charge >= 0.3 is 0 Å². The molecule has 0 radical (unpaired) electrons. The SMILES string of the molecule is CCNC(Cc1sccc1Br)c1cccc2c1OCCO2. The van der Waals surface area contributed by atoms with Gasteiger partial charge in [0.1, 0.15) is 13.2 Å². The summed E-state index contributed by atoms with van der Waals surface area (Å²) in [6.45, 7) is 4.28. The van der Waals surface area contributed by atoms with Crippen LogP contribution in [0.4, 0.5) is 0 Å². The van der Waals surface area contributed by atoms with Crippen LogP contribution in [0.5, 0.6) is 11.5 Å². The Balaban J connectivity index is 1.92. The summed E-state index contributed by atoms with van der Waals surface area (Å²) in [5, 5.41) is 5.68. The molecule has 3 rings (SSSR count). The van der Waals surface area contributed by atoms with Gasteiger partial charge in [-0.15, -0.1) is 11.3 Å². The van der Waals surface area contributed by atoms with Gasteiger partial charge in [-0.25, -0.2) is 0 Å². The third-order valence-corrected chi connectivity index (χ3v) is 5.45. The number of nitrogens with one attached hydrogen (secondary N) is 1. The van der Waals surface area contributed by atoms with E-state index in [0.717, 1.165) is 24.5 Å². The highest BCUT2D eigenvalue weighted by Crippen LogP contribution is 2.39. The summed E-state index contributed by atoms with van der Waals surface area (Å²) in [5.41, 5.74) is 1.18. The zero-order valence-corrected chi connectivity index (χ0v) is 14.3. The Morgan fingerprint density at radius 1 is 1.29 bits per heavy atom. The van der Waals surface area contributed by atoms with E-state index in [2.05, 4.69) is 45.7 Å². The molecule has 1 aliphatic rings. The average Bonchev–Trinajstić information content (AvgIpc) is 2.91. The Kier molecular flexibility index (Phi) is 4.83. The maximum absolute atomic E-state index is 5.86. The van der Waals surface area contributed by atoms with Gasteiger partial charge in [-0.05, 0) is 40.0 Å². The van der Waals surface area contributed by atoms with E-state index in [0.29, 0.717) is 13.2 Å². The fraction of sp³-hybridized carbons (Fsp3) is 0.375. The summed E-state index contributed by atoms with van der Waals surface area (Å²) in [6.07, 6.45) is 0.936. The lowest BCUT2D eigenvalue weighted by atomic mass is 10.0. The number of hydrogen-bond acceptors (Lipinski definition) is 4. The molecule has 1 atom stereocenters. The monoisotopic (exact) mass is 367 g/mol. The van der Waals surface area contributed by atoms with Crippen LogP contribution in [-0.4, -0.2) is 19.8 Å². The number of ether oxygens (including phenoxy) is 2. The number of fused-ring (bicyclic) bond motifs is 1. The summed E-state index contributed by atoms with van der Waals surface area (Å²) in [7, 11) is 0. The molecular formula is C16H18BrNO2S. The van der Waals surface area contributed by atoms with E-state index in [4.69, 9.17) is 9.47 Å². The first kappa shape index (κ1) is 14.9. The smallest absolute Gasteiger partial charge is 0.166 e. The first-order valence-corrected chi connectivity index (χ1v) is 8.80. The van der Waals surface area contributed by atoms with Crippen molar-refractivity contribution in [2.45, 2.75) is 19.4 Å². The predicted octanol–water partition coefficient (Wildman–Crippen LogP) is 4.18. The summed E-state index contributed by atoms with van der Waals surface area (Å²) < 4.78 is 12.7. The Labute approximate surface area is 137 Å². The van der Waals surface area contributed by atoms with Crippen molar-refractivity contribution in [1.82, 2.24) is 5.32 Å². The molecule has 2 heterocycles. The maximum atomic E-state index is 5.86. The highest BCUT2D eigenvalue weighted by Gasteiger charge is 2.22. The number of benzene rings is 1. The lowest BCUT2D eigenvalue weighted by Gasteiger charge is -2.25. The molecule has 21 heavy (non-hydrogen) atoms. The van der Waals surface area contributed by atoms with Gasteiger partial charge < -0.3 is 14.8 Å². The van der Waals surface area contributed by atoms with E-state index in [1.807, 2.05) is 12.1 Å². The van der Waals surface area contributed by atoms with Gasteiger partial charge in [-0.2, -0.15) is 0 Å². The highest BCUT2D eigenvalue weighted by molar-refractivity contribution is 9.10. The maximum Gasteiger partial charge on any atom is 0.166 e. The van der Waals surface area contributed by atoms with Gasteiger partial charge in [0.25, 0.3) is 0 Å². The molecule has 0 spiro atoms. The number of thiophene rings is 1. The minimum Gasteiger partial charge on any atom is -0.486 e. The van der Waals surface area contributed by atoms with Crippen LogP contribution in [-0.2, 0) is 6.42 Å². The topological polar surface area (TPSA) is 30.5 Å². The van der Waals surface area contributed by atoms with Crippen LogP contribution in [0.1, 0.15) is 23.4 Å². The van der Waals surface area contributed by atoms with Crippen molar-refractivity contribution in [3.63, 3.8) is 0 Å². The minimum atomic E-state index is 0.224.